The minimum absolute atomic E-state index is 0.0931. The van der Waals surface area contributed by atoms with Gasteiger partial charge in [-0.15, -0.1) is 0 Å². The third-order valence-corrected chi connectivity index (χ3v) is 4.46. The van der Waals surface area contributed by atoms with Crippen molar-refractivity contribution in [2.45, 2.75) is 13.3 Å². The van der Waals surface area contributed by atoms with Crippen molar-refractivity contribution >= 4 is 33.9 Å². The number of hydrogen-bond acceptors (Lipinski definition) is 6. The lowest BCUT2D eigenvalue weighted by atomic mass is 9.90. The van der Waals surface area contributed by atoms with Gasteiger partial charge in [0.25, 0.3) is 4.96 Å². The number of imidazole rings is 1. The van der Waals surface area contributed by atoms with Crippen LogP contribution in [-0.2, 0) is 4.79 Å². The number of carbonyl (C=O) groups is 1. The highest BCUT2D eigenvalue weighted by atomic mass is 32.1. The molecular formula is C12H14N4O4S. The average Bonchev–Trinajstić information content (AvgIpc) is 2.96. The van der Waals surface area contributed by atoms with Crippen LogP contribution in [-0.4, -0.2) is 38.5 Å². The van der Waals surface area contributed by atoms with Crippen LogP contribution < -0.4 is 4.90 Å². The first-order valence-electron chi connectivity index (χ1n) is 6.55. The smallest absolute Gasteiger partial charge is 0.373 e. The third kappa shape index (κ3) is 2.33. The SMILES string of the molecule is CC1CC(C(=O)O)CN(c2nc3sccn3c2[N+](=O)[O-])C1. The summed E-state index contributed by atoms with van der Waals surface area (Å²) in [5, 5.41) is 22.3. The van der Waals surface area contributed by atoms with Gasteiger partial charge in [-0.05, 0) is 17.3 Å². The summed E-state index contributed by atoms with van der Waals surface area (Å²) in [6.45, 7) is 2.78. The Morgan fingerprint density at radius 3 is 3.00 bits per heavy atom. The highest BCUT2D eigenvalue weighted by molar-refractivity contribution is 7.15. The topological polar surface area (TPSA) is 101 Å². The van der Waals surface area contributed by atoms with Crippen molar-refractivity contribution in [3.05, 3.63) is 21.7 Å². The molecule has 0 bridgehead atoms. The maximum atomic E-state index is 11.3. The number of aliphatic carboxylic acids is 1. The van der Waals surface area contributed by atoms with Crippen LogP contribution in [0.4, 0.5) is 11.6 Å². The van der Waals surface area contributed by atoms with Crippen LogP contribution in [0.1, 0.15) is 13.3 Å². The zero-order valence-corrected chi connectivity index (χ0v) is 12.1. The van der Waals surface area contributed by atoms with Crippen LogP contribution in [0.2, 0.25) is 0 Å². The largest absolute Gasteiger partial charge is 0.481 e. The van der Waals surface area contributed by atoms with Crippen molar-refractivity contribution in [1.29, 1.82) is 0 Å². The molecule has 2 atom stereocenters. The Kier molecular flexibility index (Phi) is 3.28. The molecule has 9 heteroatoms. The summed E-state index contributed by atoms with van der Waals surface area (Å²) in [7, 11) is 0. The van der Waals surface area contributed by atoms with Crippen molar-refractivity contribution in [2.24, 2.45) is 11.8 Å². The lowest BCUT2D eigenvalue weighted by molar-refractivity contribution is -0.389. The monoisotopic (exact) mass is 310 g/mol. The van der Waals surface area contributed by atoms with Crippen LogP contribution >= 0.6 is 11.3 Å². The molecule has 2 aromatic rings. The van der Waals surface area contributed by atoms with E-state index in [-0.39, 0.29) is 24.1 Å². The Balaban J connectivity index is 2.02. The molecule has 1 fully saturated rings. The molecule has 1 saturated heterocycles. The molecule has 21 heavy (non-hydrogen) atoms. The first-order valence-corrected chi connectivity index (χ1v) is 7.43. The van der Waals surface area contributed by atoms with Gasteiger partial charge in [0.2, 0.25) is 5.82 Å². The van der Waals surface area contributed by atoms with Gasteiger partial charge >= 0.3 is 11.8 Å². The van der Waals surface area contributed by atoms with Crippen LogP contribution in [0.25, 0.3) is 4.96 Å². The van der Waals surface area contributed by atoms with E-state index in [1.165, 1.54) is 15.7 Å². The number of hydrogen-bond donors (Lipinski definition) is 1. The Labute approximate surface area is 123 Å². The van der Waals surface area contributed by atoms with Crippen molar-refractivity contribution in [3.8, 4) is 0 Å². The lowest BCUT2D eigenvalue weighted by Gasteiger charge is -2.34. The van der Waals surface area contributed by atoms with Gasteiger partial charge in [-0.25, -0.2) is 0 Å². The molecule has 0 aliphatic carbocycles. The molecule has 1 aliphatic rings. The number of carboxylic acids is 1. The molecule has 0 aromatic carbocycles. The molecule has 1 aliphatic heterocycles. The van der Waals surface area contributed by atoms with Crippen LogP contribution in [0.15, 0.2) is 11.6 Å². The van der Waals surface area contributed by atoms with Crippen molar-refractivity contribution in [1.82, 2.24) is 9.38 Å². The Hall–Kier alpha value is -2.16. The molecule has 3 rings (SSSR count). The number of rotatable bonds is 3. The van der Waals surface area contributed by atoms with Crippen molar-refractivity contribution in [2.75, 3.05) is 18.0 Å². The summed E-state index contributed by atoms with van der Waals surface area (Å²) >= 11 is 1.32. The minimum Gasteiger partial charge on any atom is -0.481 e. The van der Waals surface area contributed by atoms with E-state index in [4.69, 9.17) is 0 Å². The predicted molar refractivity (Wildman–Crippen MR) is 76.8 cm³/mol. The number of fused-ring (bicyclic) bond motifs is 1. The van der Waals surface area contributed by atoms with Gasteiger partial charge in [0, 0.05) is 18.5 Å². The quantitative estimate of drug-likeness (QED) is 0.686. The van der Waals surface area contributed by atoms with Gasteiger partial charge in [-0.3, -0.25) is 4.79 Å². The van der Waals surface area contributed by atoms with E-state index in [1.54, 1.807) is 16.5 Å². The summed E-state index contributed by atoms with van der Waals surface area (Å²) < 4.78 is 1.44. The average molecular weight is 310 g/mol. The second-order valence-corrected chi connectivity index (χ2v) is 6.23. The van der Waals surface area contributed by atoms with E-state index in [2.05, 4.69) is 4.98 Å². The molecule has 1 N–H and O–H groups in total. The molecule has 2 unspecified atom stereocenters. The van der Waals surface area contributed by atoms with Crippen molar-refractivity contribution < 1.29 is 14.8 Å². The zero-order chi connectivity index (χ0) is 15.1. The Bertz CT molecular complexity index is 709. The number of aromatic nitrogens is 2. The summed E-state index contributed by atoms with van der Waals surface area (Å²) in [4.78, 5) is 28.7. The van der Waals surface area contributed by atoms with Gasteiger partial charge in [0.1, 0.15) is 6.20 Å². The van der Waals surface area contributed by atoms with Gasteiger partial charge < -0.3 is 20.1 Å². The molecule has 0 spiro atoms. The summed E-state index contributed by atoms with van der Waals surface area (Å²) in [6, 6.07) is 0. The number of nitro groups is 1. The van der Waals surface area contributed by atoms with Gasteiger partial charge in [-0.2, -0.15) is 9.38 Å². The fraction of sp³-hybridized carbons (Fsp3) is 0.500. The molecule has 0 saturated carbocycles. The Morgan fingerprint density at radius 2 is 2.33 bits per heavy atom. The molecule has 0 radical (unpaired) electrons. The minimum atomic E-state index is -0.866. The second kappa shape index (κ2) is 4.99. The maximum absolute atomic E-state index is 11.3. The van der Waals surface area contributed by atoms with Gasteiger partial charge in [-0.1, -0.05) is 18.3 Å². The standard InChI is InChI=1S/C12H14N4O4S/c1-7-4-8(11(17)18)6-14(5-7)9-10(16(19)20)15-2-3-21-12(15)13-9/h2-3,7-8H,4-6H2,1H3,(H,17,18). The fourth-order valence-electron chi connectivity index (χ4n) is 2.85. The van der Waals surface area contributed by atoms with Crippen LogP contribution in [0.3, 0.4) is 0 Å². The molecule has 3 heterocycles. The summed E-state index contributed by atoms with van der Waals surface area (Å²) in [5.74, 6) is -1.06. The first kappa shape index (κ1) is 13.8. The van der Waals surface area contributed by atoms with Gasteiger partial charge in [0.05, 0.1) is 5.92 Å². The van der Waals surface area contributed by atoms with E-state index in [1.807, 2.05) is 6.92 Å². The third-order valence-electron chi connectivity index (χ3n) is 3.70. The van der Waals surface area contributed by atoms with E-state index in [9.17, 15) is 20.0 Å². The number of thiazole rings is 1. The number of carboxylic acid groups (broad SMARTS) is 1. The number of piperidine rings is 1. The molecule has 0 amide bonds. The lowest BCUT2D eigenvalue weighted by Crippen LogP contribution is -2.43. The van der Waals surface area contributed by atoms with E-state index in [0.717, 1.165) is 0 Å². The predicted octanol–water partition coefficient (Wildman–Crippen LogP) is 1.85. The van der Waals surface area contributed by atoms with E-state index >= 15 is 0 Å². The number of nitrogens with zero attached hydrogens (tertiary/aromatic N) is 4. The van der Waals surface area contributed by atoms with Crippen LogP contribution in [0, 0.1) is 22.0 Å². The van der Waals surface area contributed by atoms with Crippen molar-refractivity contribution in [3.63, 3.8) is 0 Å². The Morgan fingerprint density at radius 1 is 1.57 bits per heavy atom. The molecular weight excluding hydrogens is 296 g/mol. The van der Waals surface area contributed by atoms with E-state index < -0.39 is 16.8 Å². The first-order chi connectivity index (χ1) is 9.97. The summed E-state index contributed by atoms with van der Waals surface area (Å²) in [5.41, 5.74) is 0. The fourth-order valence-corrected chi connectivity index (χ4v) is 3.55. The molecule has 112 valence electrons. The van der Waals surface area contributed by atoms with Crippen LogP contribution in [0.5, 0.6) is 0 Å². The van der Waals surface area contributed by atoms with Gasteiger partial charge in [0.15, 0.2) is 0 Å². The maximum Gasteiger partial charge on any atom is 0.373 e. The second-order valence-electron chi connectivity index (χ2n) is 5.35. The summed E-state index contributed by atoms with van der Waals surface area (Å²) in [6.07, 6.45) is 2.19. The highest BCUT2D eigenvalue weighted by Crippen LogP contribution is 2.34. The highest BCUT2D eigenvalue weighted by Gasteiger charge is 2.35. The van der Waals surface area contributed by atoms with E-state index in [0.29, 0.717) is 17.9 Å². The normalized spacial score (nSPS) is 22.6. The molecule has 8 nitrogen and oxygen atoms in total. The number of anilines is 1. The zero-order valence-electron chi connectivity index (χ0n) is 11.3. The molecule has 2 aromatic heterocycles.